The van der Waals surface area contributed by atoms with Gasteiger partial charge in [0.15, 0.2) is 0 Å². The van der Waals surface area contributed by atoms with Crippen molar-refractivity contribution in [3.8, 4) is 0 Å². The first-order valence-corrected chi connectivity index (χ1v) is 9.72. The van der Waals surface area contributed by atoms with Crippen molar-refractivity contribution in [2.24, 2.45) is 5.92 Å². The molecule has 0 amide bonds. The first-order chi connectivity index (χ1) is 14.4. The lowest BCUT2D eigenvalue weighted by Crippen LogP contribution is -2.37. The zero-order valence-corrected chi connectivity index (χ0v) is 16.4. The van der Waals surface area contributed by atoms with Crippen LogP contribution in [-0.4, -0.2) is 22.5 Å². The molecule has 3 rings (SSSR count). The zero-order chi connectivity index (χ0) is 22.8. The van der Waals surface area contributed by atoms with Gasteiger partial charge < -0.3 is 5.11 Å². The van der Waals surface area contributed by atoms with Crippen LogP contribution in [0.3, 0.4) is 0 Å². The molecule has 0 bridgehead atoms. The molecule has 2 unspecified atom stereocenters. The van der Waals surface area contributed by atoms with Gasteiger partial charge in [0.2, 0.25) is 0 Å². The molecule has 2 aromatic rings. The van der Waals surface area contributed by atoms with E-state index in [1.165, 1.54) is 18.2 Å². The number of rotatable bonds is 5. The van der Waals surface area contributed by atoms with Gasteiger partial charge in [0.05, 0.1) is 11.1 Å². The van der Waals surface area contributed by atoms with Crippen molar-refractivity contribution < 1.29 is 36.2 Å². The summed E-state index contributed by atoms with van der Waals surface area (Å²) in [6.45, 7) is 0.606. The fourth-order valence-electron chi connectivity index (χ4n) is 4.03. The van der Waals surface area contributed by atoms with Crippen LogP contribution in [0, 0.1) is 5.92 Å². The second-order valence-electron chi connectivity index (χ2n) is 7.79. The van der Waals surface area contributed by atoms with Gasteiger partial charge in [-0.2, -0.15) is 26.3 Å². The van der Waals surface area contributed by atoms with Crippen LogP contribution in [-0.2, 0) is 23.7 Å². The highest BCUT2D eigenvalue weighted by atomic mass is 19.4. The normalized spacial score (nSPS) is 20.6. The Hall–Kier alpha value is -2.55. The second kappa shape index (κ2) is 8.90. The van der Waals surface area contributed by atoms with Crippen LogP contribution in [0.25, 0.3) is 0 Å². The van der Waals surface area contributed by atoms with Gasteiger partial charge in [0.25, 0.3) is 0 Å². The van der Waals surface area contributed by atoms with Crippen LogP contribution in [0.5, 0.6) is 0 Å². The largest absolute Gasteiger partial charge is 0.481 e. The van der Waals surface area contributed by atoms with Gasteiger partial charge in [0, 0.05) is 19.0 Å². The fourth-order valence-corrected chi connectivity index (χ4v) is 4.03. The minimum Gasteiger partial charge on any atom is -0.481 e. The van der Waals surface area contributed by atoms with Crippen molar-refractivity contribution >= 4 is 5.97 Å². The zero-order valence-electron chi connectivity index (χ0n) is 16.4. The molecule has 2 atom stereocenters. The first kappa shape index (κ1) is 23.1. The highest BCUT2D eigenvalue weighted by molar-refractivity contribution is 5.67. The van der Waals surface area contributed by atoms with Crippen molar-refractivity contribution in [2.75, 3.05) is 6.54 Å². The Morgan fingerprint density at radius 2 is 1.61 bits per heavy atom. The molecule has 1 N–H and O–H groups in total. The van der Waals surface area contributed by atoms with Gasteiger partial charge in [-0.25, -0.2) is 0 Å². The molecule has 9 heteroatoms. The summed E-state index contributed by atoms with van der Waals surface area (Å²) in [4.78, 5) is 13.0. The topological polar surface area (TPSA) is 40.5 Å². The summed E-state index contributed by atoms with van der Waals surface area (Å²) in [6.07, 6.45) is -8.07. The average molecular weight is 445 g/mol. The predicted octanol–water partition coefficient (Wildman–Crippen LogP) is 6.15. The van der Waals surface area contributed by atoms with Crippen molar-refractivity contribution in [1.29, 1.82) is 0 Å². The minimum atomic E-state index is -4.48. The van der Waals surface area contributed by atoms with Crippen molar-refractivity contribution in [1.82, 2.24) is 4.90 Å². The summed E-state index contributed by atoms with van der Waals surface area (Å²) in [6, 6.07) is 9.20. The maximum Gasteiger partial charge on any atom is 0.416 e. The van der Waals surface area contributed by atoms with E-state index < -0.39 is 35.5 Å². The molecule has 3 nitrogen and oxygen atoms in total. The van der Waals surface area contributed by atoms with Crippen LogP contribution in [0.1, 0.15) is 47.6 Å². The van der Waals surface area contributed by atoms with E-state index in [4.69, 9.17) is 5.11 Å². The van der Waals surface area contributed by atoms with Gasteiger partial charge in [-0.1, -0.05) is 30.3 Å². The number of aliphatic carboxylic acids is 1. The molecule has 31 heavy (non-hydrogen) atoms. The van der Waals surface area contributed by atoms with E-state index in [2.05, 4.69) is 0 Å². The monoisotopic (exact) mass is 445 g/mol. The number of benzene rings is 2. The fraction of sp³-hybridized carbons (Fsp3) is 0.409. The van der Waals surface area contributed by atoms with E-state index in [0.29, 0.717) is 30.5 Å². The molecule has 1 aliphatic heterocycles. The molecule has 2 aromatic carbocycles. The van der Waals surface area contributed by atoms with Crippen LogP contribution in [0.4, 0.5) is 26.3 Å². The smallest absolute Gasteiger partial charge is 0.416 e. The summed E-state index contributed by atoms with van der Waals surface area (Å²) >= 11 is 0. The summed E-state index contributed by atoms with van der Waals surface area (Å²) < 4.78 is 77.8. The number of carboxylic acids is 1. The molecule has 1 aliphatic rings. The Morgan fingerprint density at radius 3 is 2.19 bits per heavy atom. The lowest BCUT2D eigenvalue weighted by molar-refractivity contribution is -0.139. The molecular weight excluding hydrogens is 424 g/mol. The molecule has 168 valence electrons. The van der Waals surface area contributed by atoms with Crippen molar-refractivity contribution in [3.05, 3.63) is 70.8 Å². The Balaban J connectivity index is 1.86. The summed E-state index contributed by atoms with van der Waals surface area (Å²) in [7, 11) is 0. The van der Waals surface area contributed by atoms with Gasteiger partial charge in [-0.05, 0) is 54.6 Å². The summed E-state index contributed by atoms with van der Waals surface area (Å²) in [5.74, 6) is -1.12. The lowest BCUT2D eigenvalue weighted by atomic mass is 9.84. The average Bonchev–Trinajstić information content (AvgIpc) is 2.68. The molecule has 1 saturated heterocycles. The molecule has 0 aliphatic carbocycles. The number of alkyl halides is 6. The highest BCUT2D eigenvalue weighted by Gasteiger charge is 2.34. The van der Waals surface area contributed by atoms with Gasteiger partial charge in [0.1, 0.15) is 0 Å². The van der Waals surface area contributed by atoms with Crippen LogP contribution >= 0.6 is 0 Å². The molecular formula is C22H21F6NO2. The lowest BCUT2D eigenvalue weighted by Gasteiger charge is -2.39. The maximum absolute atomic E-state index is 13.0. The highest BCUT2D eigenvalue weighted by Crippen LogP contribution is 2.38. The third-order valence-electron chi connectivity index (χ3n) is 5.55. The Labute approximate surface area is 175 Å². The first-order valence-electron chi connectivity index (χ1n) is 9.72. The number of piperidine rings is 1. The quantitative estimate of drug-likeness (QED) is 0.561. The Morgan fingerprint density at radius 1 is 0.968 bits per heavy atom. The second-order valence-corrected chi connectivity index (χ2v) is 7.79. The van der Waals surface area contributed by atoms with Crippen molar-refractivity contribution in [2.45, 2.75) is 44.2 Å². The van der Waals surface area contributed by atoms with E-state index in [1.54, 1.807) is 6.07 Å². The standard InChI is InChI=1S/C22H21F6NO2/c23-21(24,25)17-6-4-16(5-7-17)19-11-14(12-20(30)31)8-9-29(19)13-15-2-1-3-18(10-15)22(26,27)28/h1-7,10,14,19H,8-9,11-13H2,(H,30,31). The van der Waals surface area contributed by atoms with E-state index in [0.717, 1.165) is 24.3 Å². The van der Waals surface area contributed by atoms with Gasteiger partial charge in [-0.3, -0.25) is 9.69 Å². The third-order valence-corrected chi connectivity index (χ3v) is 5.55. The van der Waals surface area contributed by atoms with E-state index >= 15 is 0 Å². The number of carboxylic acid groups (broad SMARTS) is 1. The minimum absolute atomic E-state index is 0.0610. The van der Waals surface area contributed by atoms with Crippen LogP contribution in [0.15, 0.2) is 48.5 Å². The molecule has 1 fully saturated rings. The SMILES string of the molecule is O=C(O)CC1CCN(Cc2cccc(C(F)(F)F)c2)C(c2ccc(C(F)(F)F)cc2)C1. The van der Waals surface area contributed by atoms with E-state index in [9.17, 15) is 31.1 Å². The predicted molar refractivity (Wildman–Crippen MR) is 101 cm³/mol. The summed E-state index contributed by atoms with van der Waals surface area (Å²) in [5, 5.41) is 9.11. The van der Waals surface area contributed by atoms with Gasteiger partial charge >= 0.3 is 18.3 Å². The van der Waals surface area contributed by atoms with E-state index in [-0.39, 0.29) is 18.9 Å². The van der Waals surface area contributed by atoms with Crippen molar-refractivity contribution in [3.63, 3.8) is 0 Å². The number of hydrogen-bond acceptors (Lipinski definition) is 2. The third kappa shape index (κ3) is 6.00. The van der Waals surface area contributed by atoms with Gasteiger partial charge in [-0.15, -0.1) is 0 Å². The number of hydrogen-bond donors (Lipinski definition) is 1. The number of carbonyl (C=O) groups is 1. The molecule has 0 saturated carbocycles. The molecule has 0 radical (unpaired) electrons. The molecule has 0 spiro atoms. The molecule has 0 aromatic heterocycles. The number of halogens is 6. The van der Waals surface area contributed by atoms with Crippen LogP contribution < -0.4 is 0 Å². The number of likely N-dealkylation sites (tertiary alicyclic amines) is 1. The Kier molecular flexibility index (Phi) is 6.64. The maximum atomic E-state index is 13.0. The Bertz CT molecular complexity index is 907. The number of nitrogens with zero attached hydrogens (tertiary/aromatic N) is 1. The molecule has 1 heterocycles. The van der Waals surface area contributed by atoms with Crippen LogP contribution in [0.2, 0.25) is 0 Å². The van der Waals surface area contributed by atoms with E-state index in [1.807, 2.05) is 4.90 Å². The summed E-state index contributed by atoms with van der Waals surface area (Å²) in [5.41, 5.74) is -0.547.